The number of hydrogen-bond donors (Lipinski definition) is 1. The summed E-state index contributed by atoms with van der Waals surface area (Å²) in [5.74, 6) is 0. The van der Waals surface area contributed by atoms with Crippen molar-refractivity contribution in [2.75, 3.05) is 6.26 Å². The molecule has 4 nitrogen and oxygen atoms in total. The van der Waals surface area contributed by atoms with Gasteiger partial charge in [-0.25, -0.2) is 0 Å². The Kier molecular flexibility index (Phi) is 5.03. The molecule has 6 heteroatoms. The fourth-order valence-corrected chi connectivity index (χ4v) is 3.79. The second-order valence-electron chi connectivity index (χ2n) is 4.64. The van der Waals surface area contributed by atoms with Gasteiger partial charge in [-0.1, -0.05) is 11.3 Å². The lowest BCUT2D eigenvalue weighted by molar-refractivity contribution is -0.380. The molecule has 1 N–H and O–H groups in total. The molecule has 2 rings (SSSR count). The van der Waals surface area contributed by atoms with Crippen LogP contribution in [-0.4, -0.2) is 22.5 Å². The minimum atomic E-state index is -0.322. The zero-order valence-corrected chi connectivity index (χ0v) is 12.1. The second-order valence-corrected chi connectivity index (χ2v) is 6.67. The molecule has 100 valence electrons. The molecule has 18 heavy (non-hydrogen) atoms. The average Bonchev–Trinajstić information content (AvgIpc) is 2.86. The predicted octanol–water partition coefficient (Wildman–Crippen LogP) is 3.42. The van der Waals surface area contributed by atoms with Gasteiger partial charge in [0.1, 0.15) is 0 Å². The van der Waals surface area contributed by atoms with Crippen molar-refractivity contribution in [3.63, 3.8) is 0 Å². The normalized spacial score (nSPS) is 24.1. The molecule has 1 aliphatic rings. The number of thiophene rings is 1. The van der Waals surface area contributed by atoms with Crippen molar-refractivity contribution < 1.29 is 4.92 Å². The van der Waals surface area contributed by atoms with Gasteiger partial charge in [0.25, 0.3) is 0 Å². The topological polar surface area (TPSA) is 55.2 Å². The summed E-state index contributed by atoms with van der Waals surface area (Å²) < 4.78 is 0. The van der Waals surface area contributed by atoms with Crippen molar-refractivity contribution in [1.29, 1.82) is 0 Å². The molecule has 0 amide bonds. The Hall–Kier alpha value is -0.590. The zero-order valence-electron chi connectivity index (χ0n) is 10.4. The minimum Gasteiger partial charge on any atom is -0.310 e. The minimum absolute atomic E-state index is 0.234. The van der Waals surface area contributed by atoms with E-state index in [9.17, 15) is 10.1 Å². The largest absolute Gasteiger partial charge is 0.324 e. The highest BCUT2D eigenvalue weighted by molar-refractivity contribution is 7.99. The summed E-state index contributed by atoms with van der Waals surface area (Å²) in [6.07, 6.45) is 7.18. The number of nitro groups is 1. The Bertz CT molecular complexity index is 401. The van der Waals surface area contributed by atoms with Crippen LogP contribution < -0.4 is 5.32 Å². The van der Waals surface area contributed by atoms with E-state index >= 15 is 0 Å². The van der Waals surface area contributed by atoms with Crippen LogP contribution in [0.4, 0.5) is 5.00 Å². The van der Waals surface area contributed by atoms with Gasteiger partial charge >= 0.3 is 5.00 Å². The van der Waals surface area contributed by atoms with Crippen LogP contribution in [0.3, 0.4) is 0 Å². The molecular formula is C12H18N2O2S2. The van der Waals surface area contributed by atoms with Crippen LogP contribution in [0.2, 0.25) is 0 Å². The molecule has 1 aliphatic carbocycles. The summed E-state index contributed by atoms with van der Waals surface area (Å²) in [6.45, 7) is 0.749. The third-order valence-corrected chi connectivity index (χ3v) is 5.49. The van der Waals surface area contributed by atoms with Gasteiger partial charge in [-0.2, -0.15) is 11.8 Å². The van der Waals surface area contributed by atoms with Crippen molar-refractivity contribution in [3.8, 4) is 0 Å². The molecule has 1 fully saturated rings. The summed E-state index contributed by atoms with van der Waals surface area (Å²) in [6, 6.07) is 2.25. The summed E-state index contributed by atoms with van der Waals surface area (Å²) in [4.78, 5) is 10.3. The lowest BCUT2D eigenvalue weighted by atomic mass is 9.95. The highest BCUT2D eigenvalue weighted by Crippen LogP contribution is 2.27. The third-order valence-electron chi connectivity index (χ3n) is 3.42. The molecule has 0 saturated heterocycles. The van der Waals surface area contributed by atoms with E-state index in [4.69, 9.17) is 0 Å². The SMILES string of the molecule is CSC1CCC(NCc2csc([N+](=O)[O-])c2)CC1. The van der Waals surface area contributed by atoms with Crippen LogP contribution in [0, 0.1) is 10.1 Å². The van der Waals surface area contributed by atoms with Crippen LogP contribution in [0.15, 0.2) is 11.4 Å². The first-order valence-electron chi connectivity index (χ1n) is 6.17. The number of nitrogens with zero attached hydrogens (tertiary/aromatic N) is 1. The Morgan fingerprint density at radius 1 is 1.50 bits per heavy atom. The molecule has 0 aromatic carbocycles. The molecule has 1 saturated carbocycles. The van der Waals surface area contributed by atoms with Gasteiger partial charge in [0.05, 0.1) is 4.92 Å². The maximum Gasteiger partial charge on any atom is 0.324 e. The predicted molar refractivity (Wildman–Crippen MR) is 77.4 cm³/mol. The molecule has 0 aliphatic heterocycles. The molecule has 0 spiro atoms. The fourth-order valence-electron chi connectivity index (χ4n) is 2.32. The average molecular weight is 286 g/mol. The summed E-state index contributed by atoms with van der Waals surface area (Å²) in [7, 11) is 0. The maximum absolute atomic E-state index is 10.6. The molecule has 0 bridgehead atoms. The monoisotopic (exact) mass is 286 g/mol. The van der Waals surface area contributed by atoms with Crippen LogP contribution >= 0.6 is 23.1 Å². The van der Waals surface area contributed by atoms with E-state index in [0.717, 1.165) is 17.4 Å². The zero-order chi connectivity index (χ0) is 13.0. The van der Waals surface area contributed by atoms with E-state index in [1.165, 1.54) is 37.0 Å². The van der Waals surface area contributed by atoms with E-state index in [2.05, 4.69) is 11.6 Å². The molecule has 0 atom stereocenters. The first-order valence-corrected chi connectivity index (χ1v) is 8.33. The quantitative estimate of drug-likeness (QED) is 0.665. The number of hydrogen-bond acceptors (Lipinski definition) is 5. The highest BCUT2D eigenvalue weighted by atomic mass is 32.2. The Balaban J connectivity index is 1.76. The van der Waals surface area contributed by atoms with Crippen LogP contribution in [0.25, 0.3) is 0 Å². The molecule has 0 radical (unpaired) electrons. The fraction of sp³-hybridized carbons (Fsp3) is 0.667. The number of rotatable bonds is 5. The highest BCUT2D eigenvalue weighted by Gasteiger charge is 2.20. The summed E-state index contributed by atoms with van der Waals surface area (Å²) in [5, 5.41) is 17.0. The number of nitrogens with one attached hydrogen (secondary N) is 1. The smallest absolute Gasteiger partial charge is 0.310 e. The molecule has 1 aromatic rings. The lowest BCUT2D eigenvalue weighted by Crippen LogP contribution is -2.33. The second kappa shape index (κ2) is 6.54. The molecule has 1 aromatic heterocycles. The number of thioether (sulfide) groups is 1. The van der Waals surface area contributed by atoms with Gasteiger partial charge in [-0.3, -0.25) is 10.1 Å². The van der Waals surface area contributed by atoms with Crippen LogP contribution in [0.1, 0.15) is 31.2 Å². The van der Waals surface area contributed by atoms with E-state index in [0.29, 0.717) is 6.04 Å². The van der Waals surface area contributed by atoms with E-state index in [1.807, 2.05) is 17.1 Å². The van der Waals surface area contributed by atoms with Crippen LogP contribution in [0.5, 0.6) is 0 Å². The Labute approximate surface area is 115 Å². The Morgan fingerprint density at radius 3 is 2.78 bits per heavy atom. The summed E-state index contributed by atoms with van der Waals surface area (Å²) >= 11 is 3.17. The van der Waals surface area contributed by atoms with Gasteiger partial charge in [0.15, 0.2) is 0 Å². The first-order chi connectivity index (χ1) is 8.69. The van der Waals surface area contributed by atoms with E-state index < -0.39 is 0 Å². The summed E-state index contributed by atoms with van der Waals surface area (Å²) in [5.41, 5.74) is 1.03. The molecular weight excluding hydrogens is 268 g/mol. The van der Waals surface area contributed by atoms with Gasteiger partial charge in [0.2, 0.25) is 0 Å². The van der Waals surface area contributed by atoms with Crippen LogP contribution in [-0.2, 0) is 6.54 Å². The third kappa shape index (κ3) is 3.70. The van der Waals surface area contributed by atoms with Crippen molar-refractivity contribution in [2.24, 2.45) is 0 Å². The van der Waals surface area contributed by atoms with Gasteiger partial charge in [-0.15, -0.1) is 0 Å². The van der Waals surface area contributed by atoms with E-state index in [1.54, 1.807) is 6.07 Å². The van der Waals surface area contributed by atoms with Crippen molar-refractivity contribution in [2.45, 2.75) is 43.5 Å². The van der Waals surface area contributed by atoms with Gasteiger partial charge < -0.3 is 5.32 Å². The van der Waals surface area contributed by atoms with E-state index in [-0.39, 0.29) is 9.92 Å². The lowest BCUT2D eigenvalue weighted by Gasteiger charge is -2.28. The van der Waals surface area contributed by atoms with Crippen molar-refractivity contribution in [3.05, 3.63) is 27.1 Å². The van der Waals surface area contributed by atoms with Crippen molar-refractivity contribution in [1.82, 2.24) is 5.32 Å². The van der Waals surface area contributed by atoms with Gasteiger partial charge in [-0.05, 0) is 37.5 Å². The van der Waals surface area contributed by atoms with Crippen molar-refractivity contribution >= 4 is 28.1 Å². The molecule has 1 heterocycles. The molecule has 0 unspecified atom stereocenters. The maximum atomic E-state index is 10.6. The van der Waals surface area contributed by atoms with Gasteiger partial charge in [0, 0.05) is 29.3 Å². The first kappa shape index (κ1) is 13.8. The standard InChI is InChI=1S/C12H18N2O2S2/c1-17-11-4-2-10(3-5-11)13-7-9-6-12(14(15)16)18-8-9/h6,8,10-11,13H,2-5,7H2,1H3. The Morgan fingerprint density at radius 2 is 2.22 bits per heavy atom.